The van der Waals surface area contributed by atoms with Crippen molar-refractivity contribution in [3.8, 4) is 0 Å². The highest BCUT2D eigenvalue weighted by Gasteiger charge is 2.18. The number of aryl methyl sites for hydroxylation is 1. The first-order chi connectivity index (χ1) is 4.88. The number of hydrogen-bond donors (Lipinski definition) is 1. The van der Waals surface area contributed by atoms with Crippen LogP contribution in [0.2, 0.25) is 0 Å². The van der Waals surface area contributed by atoms with Gasteiger partial charge in [0, 0.05) is 17.9 Å². The van der Waals surface area contributed by atoms with E-state index in [1.807, 2.05) is 12.3 Å². The van der Waals surface area contributed by atoms with Crippen molar-refractivity contribution in [3.05, 3.63) is 29.6 Å². The Morgan fingerprint density at radius 1 is 1.55 bits per heavy atom. The minimum Gasteiger partial charge on any atom is -0.324 e. The molecule has 0 aromatic carbocycles. The number of nitrogens with two attached hydrogens (primary N) is 1. The van der Waals surface area contributed by atoms with E-state index in [1.54, 1.807) is 0 Å². The topological polar surface area (TPSA) is 38.9 Å². The third-order valence-corrected chi connectivity index (χ3v) is 2.02. The molecule has 2 rings (SSSR count). The molecule has 0 radical (unpaired) electrons. The van der Waals surface area contributed by atoms with Gasteiger partial charge >= 0.3 is 0 Å². The Labute approximate surface area is 72.2 Å². The molecule has 0 aliphatic heterocycles. The summed E-state index contributed by atoms with van der Waals surface area (Å²) in [7, 11) is 0. The Hall–Kier alpha value is -0.600. The van der Waals surface area contributed by atoms with Gasteiger partial charge in [-0.2, -0.15) is 0 Å². The van der Waals surface area contributed by atoms with Crippen LogP contribution in [0.4, 0.5) is 0 Å². The first kappa shape index (κ1) is 8.50. The van der Waals surface area contributed by atoms with Crippen molar-refractivity contribution in [1.29, 1.82) is 0 Å². The first-order valence-corrected chi connectivity index (χ1v) is 3.57. The highest BCUT2D eigenvalue weighted by molar-refractivity contribution is 5.85. The van der Waals surface area contributed by atoms with Crippen LogP contribution in [0, 0.1) is 0 Å². The lowest BCUT2D eigenvalue weighted by Gasteiger charge is -2.00. The number of aromatic nitrogens is 1. The molecule has 0 spiro atoms. The van der Waals surface area contributed by atoms with Crippen LogP contribution in [0.1, 0.15) is 23.7 Å². The summed E-state index contributed by atoms with van der Waals surface area (Å²) in [5, 5.41) is 0. The molecule has 2 N–H and O–H groups in total. The van der Waals surface area contributed by atoms with Crippen molar-refractivity contribution < 1.29 is 0 Å². The lowest BCUT2D eigenvalue weighted by atomic mass is 10.2. The molecule has 1 aliphatic carbocycles. The summed E-state index contributed by atoms with van der Waals surface area (Å²) < 4.78 is 0. The fourth-order valence-electron chi connectivity index (χ4n) is 1.44. The maximum absolute atomic E-state index is 5.81. The standard InChI is InChI=1S/C8H10N2.ClH/c9-7-3-4-8-6(7)2-1-5-10-8;/h1-2,5,7H,3-4,9H2;1H/t7-;/m0./s1. The highest BCUT2D eigenvalue weighted by atomic mass is 35.5. The minimum absolute atomic E-state index is 0. The maximum atomic E-state index is 5.81. The van der Waals surface area contributed by atoms with E-state index in [9.17, 15) is 0 Å². The summed E-state index contributed by atoms with van der Waals surface area (Å²) in [5.41, 5.74) is 8.23. The summed E-state index contributed by atoms with van der Waals surface area (Å²) in [4.78, 5) is 4.23. The third kappa shape index (κ3) is 1.37. The van der Waals surface area contributed by atoms with Crippen LogP contribution >= 0.6 is 12.4 Å². The Balaban J connectivity index is 0.000000605. The lowest BCUT2D eigenvalue weighted by molar-refractivity contribution is 0.712. The van der Waals surface area contributed by atoms with Gasteiger partial charge in [-0.05, 0) is 24.5 Å². The molecule has 2 nitrogen and oxygen atoms in total. The van der Waals surface area contributed by atoms with Gasteiger partial charge in [0.2, 0.25) is 0 Å². The molecule has 0 saturated heterocycles. The molecule has 1 aromatic rings. The van der Waals surface area contributed by atoms with Gasteiger partial charge in [-0.3, -0.25) is 4.98 Å². The van der Waals surface area contributed by atoms with E-state index in [2.05, 4.69) is 11.1 Å². The Morgan fingerprint density at radius 3 is 3.09 bits per heavy atom. The van der Waals surface area contributed by atoms with Crippen molar-refractivity contribution in [2.45, 2.75) is 18.9 Å². The van der Waals surface area contributed by atoms with Gasteiger partial charge in [0.05, 0.1) is 0 Å². The Morgan fingerprint density at radius 2 is 2.36 bits per heavy atom. The second-order valence-electron chi connectivity index (χ2n) is 2.68. The number of halogens is 1. The molecule has 1 atom stereocenters. The zero-order valence-electron chi connectivity index (χ0n) is 6.16. The minimum atomic E-state index is 0. The van der Waals surface area contributed by atoms with E-state index in [1.165, 1.54) is 11.3 Å². The van der Waals surface area contributed by atoms with Crippen LogP contribution in [-0.4, -0.2) is 4.98 Å². The van der Waals surface area contributed by atoms with Crippen molar-refractivity contribution in [2.24, 2.45) is 5.73 Å². The molecular weight excluding hydrogens is 160 g/mol. The summed E-state index contributed by atoms with van der Waals surface area (Å²) in [5.74, 6) is 0. The van der Waals surface area contributed by atoms with Crippen LogP contribution in [-0.2, 0) is 6.42 Å². The quantitative estimate of drug-likeness (QED) is 0.640. The van der Waals surface area contributed by atoms with Crippen molar-refractivity contribution in [3.63, 3.8) is 0 Å². The molecule has 0 saturated carbocycles. The summed E-state index contributed by atoms with van der Waals surface area (Å²) in [6, 6.07) is 4.26. The Kier molecular flexibility index (Phi) is 2.47. The van der Waals surface area contributed by atoms with Gasteiger partial charge in [0.25, 0.3) is 0 Å². The monoisotopic (exact) mass is 170 g/mol. The average molecular weight is 171 g/mol. The number of fused-ring (bicyclic) bond motifs is 1. The van der Waals surface area contributed by atoms with E-state index < -0.39 is 0 Å². The number of rotatable bonds is 0. The molecule has 1 aromatic heterocycles. The van der Waals surface area contributed by atoms with Gasteiger partial charge in [0.15, 0.2) is 0 Å². The van der Waals surface area contributed by atoms with Crippen LogP contribution in [0.5, 0.6) is 0 Å². The van der Waals surface area contributed by atoms with Crippen LogP contribution in [0.3, 0.4) is 0 Å². The molecule has 0 fully saturated rings. The van der Waals surface area contributed by atoms with Gasteiger partial charge in [0.1, 0.15) is 0 Å². The summed E-state index contributed by atoms with van der Waals surface area (Å²) in [6.07, 6.45) is 3.94. The second kappa shape index (κ2) is 3.20. The number of hydrogen-bond acceptors (Lipinski definition) is 2. The predicted octanol–water partition coefficient (Wildman–Crippen LogP) is 1.45. The molecule has 0 amide bonds. The summed E-state index contributed by atoms with van der Waals surface area (Å²) >= 11 is 0. The molecule has 60 valence electrons. The van der Waals surface area contributed by atoms with Gasteiger partial charge in [-0.15, -0.1) is 12.4 Å². The van der Waals surface area contributed by atoms with E-state index in [-0.39, 0.29) is 18.4 Å². The fraction of sp³-hybridized carbons (Fsp3) is 0.375. The van der Waals surface area contributed by atoms with Gasteiger partial charge in [-0.1, -0.05) is 6.07 Å². The molecule has 1 aliphatic rings. The van der Waals surface area contributed by atoms with Crippen molar-refractivity contribution >= 4 is 12.4 Å². The predicted molar refractivity (Wildman–Crippen MR) is 46.7 cm³/mol. The van der Waals surface area contributed by atoms with Crippen LogP contribution in [0.25, 0.3) is 0 Å². The molecule has 0 bridgehead atoms. The summed E-state index contributed by atoms with van der Waals surface area (Å²) in [6.45, 7) is 0. The molecule has 0 unspecified atom stereocenters. The third-order valence-electron chi connectivity index (χ3n) is 2.02. The zero-order valence-corrected chi connectivity index (χ0v) is 6.97. The largest absolute Gasteiger partial charge is 0.324 e. The maximum Gasteiger partial charge on any atom is 0.0451 e. The molecule has 3 heteroatoms. The van der Waals surface area contributed by atoms with E-state index in [0.29, 0.717) is 0 Å². The van der Waals surface area contributed by atoms with E-state index in [4.69, 9.17) is 5.73 Å². The van der Waals surface area contributed by atoms with Crippen LogP contribution < -0.4 is 5.73 Å². The highest BCUT2D eigenvalue weighted by Crippen LogP contribution is 2.26. The van der Waals surface area contributed by atoms with E-state index >= 15 is 0 Å². The number of nitrogens with zero attached hydrogens (tertiary/aromatic N) is 1. The first-order valence-electron chi connectivity index (χ1n) is 3.57. The molecular formula is C8H11ClN2. The normalized spacial score (nSPS) is 20.6. The number of pyridine rings is 1. The lowest BCUT2D eigenvalue weighted by Crippen LogP contribution is -2.04. The Bertz CT molecular complexity index is 250. The van der Waals surface area contributed by atoms with Crippen molar-refractivity contribution in [1.82, 2.24) is 4.98 Å². The van der Waals surface area contributed by atoms with Gasteiger partial charge < -0.3 is 5.73 Å². The average Bonchev–Trinajstić information content (AvgIpc) is 2.34. The zero-order chi connectivity index (χ0) is 6.97. The van der Waals surface area contributed by atoms with Gasteiger partial charge in [-0.25, -0.2) is 0 Å². The van der Waals surface area contributed by atoms with E-state index in [0.717, 1.165) is 12.8 Å². The smallest absolute Gasteiger partial charge is 0.0451 e. The fourth-order valence-corrected chi connectivity index (χ4v) is 1.44. The molecule has 1 heterocycles. The second-order valence-corrected chi connectivity index (χ2v) is 2.68. The molecule has 11 heavy (non-hydrogen) atoms. The SMILES string of the molecule is Cl.N[C@H]1CCc2ncccc21. The van der Waals surface area contributed by atoms with Crippen molar-refractivity contribution in [2.75, 3.05) is 0 Å². The van der Waals surface area contributed by atoms with Crippen LogP contribution in [0.15, 0.2) is 18.3 Å².